The first-order valence-electron chi connectivity index (χ1n) is 6.06. The van der Waals surface area contributed by atoms with Crippen molar-refractivity contribution in [1.82, 2.24) is 0 Å². The number of esters is 2. The molecule has 0 saturated carbocycles. The Balaban J connectivity index is -0.0000000711. The van der Waals surface area contributed by atoms with Gasteiger partial charge in [0.25, 0.3) is 0 Å². The fourth-order valence-corrected chi connectivity index (χ4v) is 1.69. The number of rotatable bonds is 6. The molecule has 0 aromatic rings. The van der Waals surface area contributed by atoms with Crippen LogP contribution in [0.25, 0.3) is 0 Å². The van der Waals surface area contributed by atoms with Gasteiger partial charge in [-0.1, -0.05) is 0 Å². The first kappa shape index (κ1) is 34.0. The molecule has 0 saturated heterocycles. The SMILES string of the molecule is CCOC(=O)C(C)[CH2][Sn+3].CCOC(=O)C(C)[CH2][Sn+3].[S-2].[S-2].[S-2]. The molecule has 0 aliphatic rings. The zero-order valence-electron chi connectivity index (χ0n) is 12.8. The first-order valence-corrected chi connectivity index (χ1v) is 10.1. The average molecular weight is 564 g/mol. The van der Waals surface area contributed by atoms with Gasteiger partial charge >= 0.3 is 138 Å². The predicted molar refractivity (Wildman–Crippen MR) is 94.8 cm³/mol. The van der Waals surface area contributed by atoms with Crippen LogP contribution in [0.3, 0.4) is 0 Å². The van der Waals surface area contributed by atoms with E-state index in [4.69, 9.17) is 9.47 Å². The van der Waals surface area contributed by atoms with Crippen molar-refractivity contribution in [3.05, 3.63) is 0 Å². The third-order valence-corrected chi connectivity index (χ3v) is 5.49. The van der Waals surface area contributed by atoms with Gasteiger partial charge in [0.05, 0.1) is 0 Å². The van der Waals surface area contributed by atoms with Crippen LogP contribution in [0.1, 0.15) is 27.7 Å². The van der Waals surface area contributed by atoms with Crippen molar-refractivity contribution in [3.63, 3.8) is 0 Å². The minimum absolute atomic E-state index is 0. The Morgan fingerprint density at radius 1 is 0.810 bits per heavy atom. The smallest absolute Gasteiger partial charge is 2.00 e. The third kappa shape index (κ3) is 21.6. The molecule has 0 fully saturated rings. The van der Waals surface area contributed by atoms with Crippen LogP contribution in [0.5, 0.6) is 0 Å². The Morgan fingerprint density at radius 3 is 1.19 bits per heavy atom. The largest absolute Gasteiger partial charge is 2.00 e. The van der Waals surface area contributed by atoms with E-state index < -0.39 is 0 Å². The van der Waals surface area contributed by atoms with Crippen molar-refractivity contribution >= 4 is 97.5 Å². The third-order valence-electron chi connectivity index (χ3n) is 1.99. The minimum atomic E-state index is -0.0608. The van der Waals surface area contributed by atoms with E-state index >= 15 is 0 Å². The number of hydrogen-bond donors (Lipinski definition) is 0. The van der Waals surface area contributed by atoms with E-state index in [1.807, 2.05) is 27.7 Å². The maximum absolute atomic E-state index is 10.8. The predicted octanol–water partition coefficient (Wildman–Crippen LogP) is 1.54. The van der Waals surface area contributed by atoms with Crippen molar-refractivity contribution in [2.75, 3.05) is 13.2 Å². The summed E-state index contributed by atoms with van der Waals surface area (Å²) in [6.45, 7) is 8.44. The van der Waals surface area contributed by atoms with Gasteiger partial charge in [-0.3, -0.25) is 0 Å². The first-order chi connectivity index (χ1) is 8.44. The van der Waals surface area contributed by atoms with Crippen LogP contribution in [-0.4, -0.2) is 70.2 Å². The van der Waals surface area contributed by atoms with Crippen molar-refractivity contribution in [3.8, 4) is 0 Å². The average Bonchev–Trinajstić information content (AvgIpc) is 2.38. The summed E-state index contributed by atoms with van der Waals surface area (Å²) in [5.74, 6) is 0.0786. The molecule has 0 aromatic heterocycles. The van der Waals surface area contributed by atoms with E-state index in [2.05, 4.69) is 0 Å². The normalized spacial score (nSPS) is 11.0. The molecule has 0 amide bonds. The van der Waals surface area contributed by atoms with E-state index in [-0.39, 0.29) is 64.3 Å². The van der Waals surface area contributed by atoms with Crippen LogP contribution in [-0.2, 0) is 59.5 Å². The summed E-state index contributed by atoms with van der Waals surface area (Å²) in [5, 5.41) is 0. The van der Waals surface area contributed by atoms with Gasteiger partial charge in [-0.25, -0.2) is 0 Å². The van der Waals surface area contributed by atoms with Gasteiger partial charge in [0, 0.05) is 0 Å². The summed E-state index contributed by atoms with van der Waals surface area (Å²) in [7, 11) is 0. The van der Waals surface area contributed by atoms with Crippen LogP contribution < -0.4 is 0 Å². The standard InChI is InChI=1S/2C6H11O2.3S.2Sn/c2*1-4-8-6(7)5(2)3;;;;;/h2*5H,2,4H2,1,3H3;;;;;/q;;3*-2;2*+3. The Hall–Kier alpha value is 1.59. The summed E-state index contributed by atoms with van der Waals surface area (Å²) < 4.78 is 11.4. The molecule has 0 spiro atoms. The van der Waals surface area contributed by atoms with Crippen LogP contribution in [0.4, 0.5) is 0 Å². The molecule has 0 aliphatic heterocycles. The number of carbonyl (C=O) groups is 2. The van der Waals surface area contributed by atoms with E-state index in [0.717, 1.165) is 8.87 Å². The second kappa shape index (κ2) is 23.8. The van der Waals surface area contributed by atoms with Crippen LogP contribution >= 0.6 is 0 Å². The summed E-state index contributed by atoms with van der Waals surface area (Å²) in [4.78, 5) is 21.5. The van der Waals surface area contributed by atoms with Crippen LogP contribution in [0, 0.1) is 11.8 Å². The fourth-order valence-electron chi connectivity index (χ4n) is 0.736. The topological polar surface area (TPSA) is 52.6 Å². The molecule has 0 aliphatic carbocycles. The van der Waals surface area contributed by atoms with Crippen molar-refractivity contribution in [2.45, 2.75) is 36.6 Å². The molecule has 0 aromatic carbocycles. The zero-order valence-corrected chi connectivity index (χ0v) is 21.0. The molecule has 21 heavy (non-hydrogen) atoms. The molecule has 2 unspecified atom stereocenters. The van der Waals surface area contributed by atoms with Crippen molar-refractivity contribution in [1.29, 1.82) is 0 Å². The maximum atomic E-state index is 10.8. The quantitative estimate of drug-likeness (QED) is 0.364. The van der Waals surface area contributed by atoms with Gasteiger partial charge < -0.3 is 40.5 Å². The number of ether oxygens (including phenoxy) is 2. The van der Waals surface area contributed by atoms with Crippen molar-refractivity contribution < 1.29 is 19.1 Å². The molecule has 0 heterocycles. The summed E-state index contributed by atoms with van der Waals surface area (Å²) in [6, 6.07) is 0. The summed E-state index contributed by atoms with van der Waals surface area (Å²) >= 11 is 2.79. The van der Waals surface area contributed by atoms with Gasteiger partial charge in [0.1, 0.15) is 0 Å². The van der Waals surface area contributed by atoms with Gasteiger partial charge in [0.2, 0.25) is 0 Å². The zero-order chi connectivity index (χ0) is 14.6. The molecule has 0 N–H and O–H groups in total. The number of carbonyl (C=O) groups excluding carboxylic acids is 2. The molecule has 0 rings (SSSR count). The molecule has 4 nitrogen and oxygen atoms in total. The van der Waals surface area contributed by atoms with Crippen molar-refractivity contribution in [2.24, 2.45) is 11.8 Å². The second-order valence-electron chi connectivity index (χ2n) is 3.71. The van der Waals surface area contributed by atoms with E-state index in [9.17, 15) is 9.59 Å². The summed E-state index contributed by atoms with van der Waals surface area (Å²) in [6.07, 6.45) is 0. The minimum Gasteiger partial charge on any atom is -2.00 e. The Morgan fingerprint density at radius 2 is 1.05 bits per heavy atom. The maximum Gasteiger partial charge on any atom is -2.00 e. The molecule has 9 heteroatoms. The van der Waals surface area contributed by atoms with Crippen LogP contribution in [0.15, 0.2) is 0 Å². The number of hydrogen-bond acceptors (Lipinski definition) is 4. The van der Waals surface area contributed by atoms with E-state index in [1.54, 1.807) is 0 Å². The Bertz CT molecular complexity index is 223. The Labute approximate surface area is 176 Å². The Kier molecular flexibility index (Phi) is 38.6. The molecule has 0 bridgehead atoms. The van der Waals surface area contributed by atoms with Crippen LogP contribution in [0.2, 0.25) is 8.87 Å². The van der Waals surface area contributed by atoms with Gasteiger partial charge in [0.15, 0.2) is 0 Å². The molecule has 0 radical (unpaired) electrons. The second-order valence-corrected chi connectivity index (χ2v) is 6.04. The fraction of sp³-hybridized carbons (Fsp3) is 0.833. The van der Waals surface area contributed by atoms with Gasteiger partial charge in [-0.15, -0.1) is 0 Å². The molecular formula is C12H22O4S3Sn2. The summed E-state index contributed by atoms with van der Waals surface area (Å²) in [5.41, 5.74) is 0. The van der Waals surface area contributed by atoms with Gasteiger partial charge in [-0.05, 0) is 0 Å². The monoisotopic (exact) mass is 566 g/mol. The van der Waals surface area contributed by atoms with Gasteiger partial charge in [-0.2, -0.15) is 0 Å². The molecular weight excluding hydrogens is 542 g/mol. The molecule has 120 valence electrons. The van der Waals surface area contributed by atoms with E-state index in [1.165, 1.54) is 45.0 Å². The molecule has 2 atom stereocenters. The van der Waals surface area contributed by atoms with E-state index in [0.29, 0.717) is 13.2 Å².